The highest BCUT2D eigenvalue weighted by atomic mass is 16.2. The Balaban J connectivity index is 1.83. The number of nitrogens with zero attached hydrogens (tertiary/aromatic N) is 2. The second-order valence-corrected chi connectivity index (χ2v) is 6.60. The molecule has 1 aliphatic heterocycles. The average Bonchev–Trinajstić information content (AvgIpc) is 2.86. The van der Waals surface area contributed by atoms with Crippen LogP contribution in [0.5, 0.6) is 0 Å². The van der Waals surface area contributed by atoms with Crippen LogP contribution in [-0.4, -0.2) is 40.8 Å². The van der Waals surface area contributed by atoms with Crippen molar-refractivity contribution in [1.29, 1.82) is 0 Å². The summed E-state index contributed by atoms with van der Waals surface area (Å²) in [4.78, 5) is 32.0. The predicted molar refractivity (Wildman–Crippen MR) is 94.3 cm³/mol. The van der Waals surface area contributed by atoms with Gasteiger partial charge in [0.2, 0.25) is 5.91 Å². The molecule has 0 aliphatic carbocycles. The number of aryl methyl sites for hydroxylation is 3. The van der Waals surface area contributed by atoms with Crippen molar-refractivity contribution in [1.82, 2.24) is 9.88 Å². The summed E-state index contributed by atoms with van der Waals surface area (Å²) < 4.78 is 0. The van der Waals surface area contributed by atoms with Crippen LogP contribution in [0.3, 0.4) is 0 Å². The Labute approximate surface area is 142 Å². The summed E-state index contributed by atoms with van der Waals surface area (Å²) in [5.41, 5.74) is 4.44. The van der Waals surface area contributed by atoms with Gasteiger partial charge in [-0.05, 0) is 51.0 Å². The number of nitrogens with one attached hydrogen (secondary N) is 1. The third-order valence-electron chi connectivity index (χ3n) is 4.55. The summed E-state index contributed by atoms with van der Waals surface area (Å²) in [5, 5.41) is 0. The van der Waals surface area contributed by atoms with Crippen LogP contribution in [-0.2, 0) is 4.79 Å². The number of benzene rings is 1. The van der Waals surface area contributed by atoms with E-state index in [0.717, 1.165) is 22.5 Å². The minimum atomic E-state index is -0.106. The fourth-order valence-corrected chi connectivity index (χ4v) is 3.42. The lowest BCUT2D eigenvalue weighted by atomic mass is 10.1. The summed E-state index contributed by atoms with van der Waals surface area (Å²) >= 11 is 0. The van der Waals surface area contributed by atoms with Crippen LogP contribution in [0.15, 0.2) is 30.3 Å². The molecule has 0 spiro atoms. The van der Waals surface area contributed by atoms with Gasteiger partial charge in [0.05, 0.1) is 6.04 Å². The van der Waals surface area contributed by atoms with Gasteiger partial charge in [-0.3, -0.25) is 9.59 Å². The Morgan fingerprint density at radius 3 is 2.46 bits per heavy atom. The Morgan fingerprint density at radius 2 is 1.88 bits per heavy atom. The van der Waals surface area contributed by atoms with Crippen molar-refractivity contribution in [3.05, 3.63) is 52.8 Å². The Morgan fingerprint density at radius 1 is 1.17 bits per heavy atom. The zero-order chi connectivity index (χ0) is 17.4. The molecule has 0 bridgehead atoms. The molecule has 2 aromatic rings. The molecule has 1 aliphatic rings. The molecule has 5 nitrogen and oxygen atoms in total. The second-order valence-electron chi connectivity index (χ2n) is 6.60. The number of aromatic nitrogens is 1. The van der Waals surface area contributed by atoms with Crippen LogP contribution in [0.1, 0.15) is 34.2 Å². The number of para-hydroxylation sites is 1. The Kier molecular flexibility index (Phi) is 4.18. The molecule has 1 aromatic carbocycles. The molecule has 1 aromatic heterocycles. The monoisotopic (exact) mass is 325 g/mol. The zero-order valence-corrected chi connectivity index (χ0v) is 14.6. The van der Waals surface area contributed by atoms with Gasteiger partial charge in [0.1, 0.15) is 12.2 Å². The second kappa shape index (κ2) is 6.15. The van der Waals surface area contributed by atoms with Crippen molar-refractivity contribution in [2.24, 2.45) is 0 Å². The van der Waals surface area contributed by atoms with Gasteiger partial charge >= 0.3 is 0 Å². The van der Waals surface area contributed by atoms with Crippen LogP contribution in [0.2, 0.25) is 0 Å². The van der Waals surface area contributed by atoms with Gasteiger partial charge in [-0.2, -0.15) is 0 Å². The van der Waals surface area contributed by atoms with Crippen molar-refractivity contribution in [3.8, 4) is 0 Å². The minimum absolute atomic E-state index is 0.0441. The summed E-state index contributed by atoms with van der Waals surface area (Å²) in [6.07, 6.45) is 0. The first-order valence-electron chi connectivity index (χ1n) is 8.21. The van der Waals surface area contributed by atoms with E-state index in [2.05, 4.69) is 4.98 Å². The third kappa shape index (κ3) is 2.82. The Bertz CT molecular complexity index is 794. The van der Waals surface area contributed by atoms with Crippen molar-refractivity contribution >= 4 is 17.5 Å². The summed E-state index contributed by atoms with van der Waals surface area (Å²) in [6, 6.07) is 9.74. The Hall–Kier alpha value is -2.56. The molecule has 1 fully saturated rings. The number of H-pyrrole nitrogens is 1. The summed E-state index contributed by atoms with van der Waals surface area (Å²) in [5.74, 6) is -0.150. The molecule has 2 amide bonds. The highest BCUT2D eigenvalue weighted by Crippen LogP contribution is 2.25. The molecular formula is C19H23N3O2. The maximum atomic E-state index is 12.8. The zero-order valence-electron chi connectivity index (χ0n) is 14.6. The topological polar surface area (TPSA) is 56.4 Å². The van der Waals surface area contributed by atoms with Crippen LogP contribution >= 0.6 is 0 Å². The van der Waals surface area contributed by atoms with Crippen molar-refractivity contribution in [2.75, 3.05) is 18.0 Å². The first kappa shape index (κ1) is 16.3. The number of aromatic amines is 1. The highest BCUT2D eigenvalue weighted by Gasteiger charge is 2.34. The lowest BCUT2D eigenvalue weighted by Crippen LogP contribution is -2.57. The van der Waals surface area contributed by atoms with E-state index in [-0.39, 0.29) is 24.4 Å². The molecule has 1 unspecified atom stereocenters. The number of carbonyl (C=O) groups excluding carboxylic acids is 2. The van der Waals surface area contributed by atoms with E-state index in [1.165, 1.54) is 0 Å². The van der Waals surface area contributed by atoms with E-state index >= 15 is 0 Å². The lowest BCUT2D eigenvalue weighted by molar-refractivity contribution is -0.121. The molecular weight excluding hydrogens is 302 g/mol. The maximum Gasteiger partial charge on any atom is 0.271 e. The van der Waals surface area contributed by atoms with Crippen LogP contribution in [0.25, 0.3) is 0 Å². The van der Waals surface area contributed by atoms with Gasteiger partial charge < -0.3 is 14.8 Å². The van der Waals surface area contributed by atoms with E-state index in [1.54, 1.807) is 4.90 Å². The van der Waals surface area contributed by atoms with Crippen LogP contribution in [0, 0.1) is 20.8 Å². The maximum absolute atomic E-state index is 12.8. The summed E-state index contributed by atoms with van der Waals surface area (Å²) in [7, 11) is 0. The lowest BCUT2D eigenvalue weighted by Gasteiger charge is -2.40. The van der Waals surface area contributed by atoms with E-state index in [1.807, 2.05) is 62.9 Å². The first-order valence-corrected chi connectivity index (χ1v) is 8.21. The fraction of sp³-hybridized carbons (Fsp3) is 0.368. The van der Waals surface area contributed by atoms with E-state index in [9.17, 15) is 9.59 Å². The van der Waals surface area contributed by atoms with Gasteiger partial charge in [-0.25, -0.2) is 0 Å². The highest BCUT2D eigenvalue weighted by molar-refractivity contribution is 6.02. The predicted octanol–water partition coefficient (Wildman–Crippen LogP) is 2.82. The number of hydrogen-bond acceptors (Lipinski definition) is 2. The largest absolute Gasteiger partial charge is 0.354 e. The van der Waals surface area contributed by atoms with Gasteiger partial charge in [-0.15, -0.1) is 0 Å². The summed E-state index contributed by atoms with van der Waals surface area (Å²) in [6.45, 7) is 8.44. The van der Waals surface area contributed by atoms with Gasteiger partial charge in [0.25, 0.3) is 5.91 Å². The average molecular weight is 325 g/mol. The standard InChI is InChI=1S/C19H23N3O2/c1-12-7-5-6-8-16(12)22-15(4)10-21(11-17(22)23)19(24)18-13(2)9-14(3)20-18/h5-9,15,20H,10-11H2,1-4H3. The fourth-order valence-electron chi connectivity index (χ4n) is 3.42. The number of carbonyl (C=O) groups is 2. The molecule has 1 saturated heterocycles. The molecule has 1 N–H and O–H groups in total. The number of anilines is 1. The number of hydrogen-bond donors (Lipinski definition) is 1. The van der Waals surface area contributed by atoms with Gasteiger partial charge in [-0.1, -0.05) is 18.2 Å². The molecule has 3 rings (SSSR count). The molecule has 2 heterocycles. The van der Waals surface area contributed by atoms with Crippen LogP contribution in [0.4, 0.5) is 5.69 Å². The van der Waals surface area contributed by atoms with Gasteiger partial charge in [0, 0.05) is 17.9 Å². The third-order valence-corrected chi connectivity index (χ3v) is 4.55. The number of piperazine rings is 1. The van der Waals surface area contributed by atoms with Crippen molar-refractivity contribution in [2.45, 2.75) is 33.7 Å². The smallest absolute Gasteiger partial charge is 0.271 e. The number of rotatable bonds is 2. The molecule has 126 valence electrons. The minimum Gasteiger partial charge on any atom is -0.354 e. The quantitative estimate of drug-likeness (QED) is 0.923. The van der Waals surface area contributed by atoms with Crippen molar-refractivity contribution < 1.29 is 9.59 Å². The molecule has 1 atom stereocenters. The molecule has 5 heteroatoms. The molecule has 0 radical (unpaired) electrons. The van der Waals surface area contributed by atoms with Crippen LogP contribution < -0.4 is 4.90 Å². The van der Waals surface area contributed by atoms with E-state index in [0.29, 0.717) is 12.2 Å². The van der Waals surface area contributed by atoms with E-state index < -0.39 is 0 Å². The van der Waals surface area contributed by atoms with E-state index in [4.69, 9.17) is 0 Å². The molecule has 24 heavy (non-hydrogen) atoms. The SMILES string of the molecule is Cc1cc(C)c(C(=O)N2CC(=O)N(c3ccccc3C)C(C)C2)[nH]1. The molecule has 0 saturated carbocycles. The van der Waals surface area contributed by atoms with Crippen molar-refractivity contribution in [3.63, 3.8) is 0 Å². The van der Waals surface area contributed by atoms with Gasteiger partial charge in [0.15, 0.2) is 0 Å². The first-order chi connectivity index (χ1) is 11.4. The number of amides is 2. The normalized spacial score (nSPS) is 18.2.